The van der Waals surface area contributed by atoms with Gasteiger partial charge in [0.2, 0.25) is 0 Å². The molecule has 308 valence electrons. The summed E-state index contributed by atoms with van der Waals surface area (Å²) in [6.07, 6.45) is 19.1. The molecule has 3 rings (SSSR count). The molecule has 12 heteroatoms. The molecule has 0 amide bonds. The van der Waals surface area contributed by atoms with Crippen molar-refractivity contribution in [2.45, 2.75) is 148 Å². The molecule has 0 saturated heterocycles. The number of ether oxygens (including phenoxy) is 3. The van der Waals surface area contributed by atoms with Crippen molar-refractivity contribution in [2.75, 3.05) is 31.9 Å². The number of aliphatic hydroxyl groups is 1. The van der Waals surface area contributed by atoms with E-state index in [0.717, 1.165) is 24.0 Å². The number of hydrogen-bond acceptors (Lipinski definition) is 10. The van der Waals surface area contributed by atoms with Gasteiger partial charge in [-0.05, 0) is 30.5 Å². The highest BCUT2D eigenvalue weighted by Crippen LogP contribution is 2.49. The lowest BCUT2D eigenvalue weighted by Crippen LogP contribution is -2.32. The van der Waals surface area contributed by atoms with Gasteiger partial charge in [0.15, 0.2) is 0 Å². The Balaban J connectivity index is 1.49. The Morgan fingerprint density at radius 1 is 0.709 bits per heavy atom. The van der Waals surface area contributed by atoms with Crippen LogP contribution in [0.2, 0.25) is 0 Å². The minimum absolute atomic E-state index is 0.0227. The highest BCUT2D eigenvalue weighted by molar-refractivity contribution is 7.53. The molecule has 0 bridgehead atoms. The van der Waals surface area contributed by atoms with Crippen LogP contribution in [-0.2, 0) is 47.6 Å². The molecular formula is C43H68N3O8P. The predicted octanol–water partition coefficient (Wildman–Crippen LogP) is 9.45. The summed E-state index contributed by atoms with van der Waals surface area (Å²) in [4.78, 5) is 16.0. The van der Waals surface area contributed by atoms with Crippen LogP contribution in [0, 0.1) is 0 Å². The van der Waals surface area contributed by atoms with Gasteiger partial charge >= 0.3 is 13.3 Å². The zero-order valence-electron chi connectivity index (χ0n) is 33.4. The van der Waals surface area contributed by atoms with Gasteiger partial charge < -0.3 is 34.1 Å². The van der Waals surface area contributed by atoms with E-state index < -0.39 is 38.4 Å². The summed E-state index contributed by atoms with van der Waals surface area (Å²) < 4.78 is 45.8. The number of hydrogen-bond donors (Lipinski definition) is 2. The zero-order chi connectivity index (χ0) is 39.4. The van der Waals surface area contributed by atoms with Crippen LogP contribution in [0.15, 0.2) is 77.7 Å². The lowest BCUT2D eigenvalue weighted by Gasteiger charge is -2.25. The summed E-state index contributed by atoms with van der Waals surface area (Å²) in [5.74, 6) is 0.0900. The largest absolute Gasteiger partial charge is 0.394 e. The van der Waals surface area contributed by atoms with E-state index in [2.05, 4.69) is 18.8 Å². The van der Waals surface area contributed by atoms with E-state index in [0.29, 0.717) is 6.61 Å². The molecule has 0 fully saturated rings. The molecule has 4 unspecified atom stereocenters. The smallest absolute Gasteiger partial charge is 0.356 e. The van der Waals surface area contributed by atoms with Gasteiger partial charge in [-0.15, -0.1) is 0 Å². The SMILES string of the molecule is CCCCCCCCCCCCCCCCC(C)OCC(COP(=O)(COC(CO)Cn1ccc(N)nc1=O)OCc1ccccc1)OCc1ccccc1. The summed E-state index contributed by atoms with van der Waals surface area (Å²) in [6, 6.07) is 20.6. The number of aliphatic hydroxyl groups excluding tert-OH is 1. The number of benzene rings is 2. The van der Waals surface area contributed by atoms with Gasteiger partial charge in [0.25, 0.3) is 0 Å². The van der Waals surface area contributed by atoms with E-state index in [9.17, 15) is 14.5 Å². The van der Waals surface area contributed by atoms with E-state index in [1.165, 1.54) is 100 Å². The molecular weight excluding hydrogens is 717 g/mol. The van der Waals surface area contributed by atoms with Gasteiger partial charge in [0, 0.05) is 6.20 Å². The fourth-order valence-corrected chi connectivity index (χ4v) is 7.49. The Labute approximate surface area is 329 Å². The molecule has 11 nitrogen and oxygen atoms in total. The van der Waals surface area contributed by atoms with Crippen LogP contribution in [-0.4, -0.2) is 59.1 Å². The first-order valence-corrected chi connectivity index (χ1v) is 22.3. The molecule has 0 aliphatic heterocycles. The average Bonchev–Trinajstić information content (AvgIpc) is 3.20. The van der Waals surface area contributed by atoms with Crippen LogP contribution in [0.3, 0.4) is 0 Å². The van der Waals surface area contributed by atoms with Crippen molar-refractivity contribution in [2.24, 2.45) is 0 Å². The number of anilines is 1. The monoisotopic (exact) mass is 785 g/mol. The number of rotatable bonds is 33. The summed E-state index contributed by atoms with van der Waals surface area (Å²) in [5, 5.41) is 10.0. The molecule has 1 aromatic heterocycles. The van der Waals surface area contributed by atoms with Gasteiger partial charge in [0.1, 0.15) is 18.3 Å². The van der Waals surface area contributed by atoms with Crippen molar-refractivity contribution in [3.8, 4) is 0 Å². The summed E-state index contributed by atoms with van der Waals surface area (Å²) in [7, 11) is -3.91. The third-order valence-electron chi connectivity index (χ3n) is 9.56. The van der Waals surface area contributed by atoms with E-state index in [1.807, 2.05) is 60.7 Å². The summed E-state index contributed by atoms with van der Waals surface area (Å²) in [5.41, 5.74) is 6.83. The quantitative estimate of drug-likeness (QED) is 0.0453. The molecule has 0 aliphatic carbocycles. The first-order valence-electron chi connectivity index (χ1n) is 20.5. The van der Waals surface area contributed by atoms with Crippen molar-refractivity contribution < 1.29 is 32.9 Å². The van der Waals surface area contributed by atoms with Crippen LogP contribution in [0.25, 0.3) is 0 Å². The molecule has 1 heterocycles. The van der Waals surface area contributed by atoms with Crippen LogP contribution >= 0.6 is 7.60 Å². The Hall–Kier alpha value is -2.89. The molecule has 3 aromatic rings. The van der Waals surface area contributed by atoms with Crippen molar-refractivity contribution in [3.63, 3.8) is 0 Å². The molecule has 0 radical (unpaired) electrons. The van der Waals surface area contributed by atoms with Gasteiger partial charge in [-0.1, -0.05) is 157 Å². The Kier molecular flexibility index (Phi) is 24.1. The van der Waals surface area contributed by atoms with Gasteiger partial charge in [-0.2, -0.15) is 4.98 Å². The maximum Gasteiger partial charge on any atom is 0.356 e. The van der Waals surface area contributed by atoms with E-state index in [1.54, 1.807) is 0 Å². The zero-order valence-corrected chi connectivity index (χ0v) is 34.3. The maximum atomic E-state index is 14.2. The number of unbranched alkanes of at least 4 members (excludes halogenated alkanes) is 13. The lowest BCUT2D eigenvalue weighted by atomic mass is 10.0. The normalized spacial score (nSPS) is 14.4. The third-order valence-corrected chi connectivity index (χ3v) is 11.1. The second-order valence-corrected chi connectivity index (χ2v) is 16.5. The van der Waals surface area contributed by atoms with Gasteiger partial charge in [0.05, 0.1) is 51.8 Å². The fraction of sp³-hybridized carbons (Fsp3) is 0.628. The third kappa shape index (κ3) is 21.3. The number of nitrogen functional groups attached to an aromatic ring is 1. The highest BCUT2D eigenvalue weighted by Gasteiger charge is 2.30. The Morgan fingerprint density at radius 2 is 1.27 bits per heavy atom. The predicted molar refractivity (Wildman–Crippen MR) is 220 cm³/mol. The first kappa shape index (κ1) is 46.5. The Morgan fingerprint density at radius 3 is 1.84 bits per heavy atom. The van der Waals surface area contributed by atoms with E-state index >= 15 is 0 Å². The number of nitrogens with two attached hydrogens (primary N) is 1. The second kappa shape index (κ2) is 28.5. The van der Waals surface area contributed by atoms with Crippen molar-refractivity contribution >= 4 is 13.4 Å². The summed E-state index contributed by atoms with van der Waals surface area (Å²) >= 11 is 0. The standard InChI is InChI=1S/C43H68N3O8P/c1-3-4-5-6-7-8-9-10-11-12-13-14-15-18-23-37(2)50-34-41(51-32-38-24-19-16-20-25-38)35-54-55(49,53-33-39-26-21-17-22-27-39)36-52-40(31-47)30-46-29-28-42(44)45-43(46)48/h16-17,19-22,24-29,37,40-41,47H,3-15,18,23,30-36H2,1-2H3,(H2,44,45,48). The molecule has 2 aromatic carbocycles. The first-order chi connectivity index (χ1) is 26.8. The van der Waals surface area contributed by atoms with Crippen LogP contribution in [0.5, 0.6) is 0 Å². The second-order valence-electron chi connectivity index (χ2n) is 14.5. The number of nitrogens with zero attached hydrogens (tertiary/aromatic N) is 2. The minimum Gasteiger partial charge on any atom is -0.394 e. The molecule has 0 saturated carbocycles. The fourth-order valence-electron chi connectivity index (χ4n) is 6.13. The van der Waals surface area contributed by atoms with Crippen LogP contribution in [0.4, 0.5) is 5.82 Å². The summed E-state index contributed by atoms with van der Waals surface area (Å²) in [6.45, 7) is 4.40. The van der Waals surface area contributed by atoms with Crippen molar-refractivity contribution in [3.05, 3.63) is 94.5 Å². The van der Waals surface area contributed by atoms with Crippen molar-refractivity contribution in [1.82, 2.24) is 9.55 Å². The molecule has 0 aliphatic rings. The van der Waals surface area contributed by atoms with Gasteiger partial charge in [-0.3, -0.25) is 9.13 Å². The van der Waals surface area contributed by atoms with E-state index in [4.69, 9.17) is 29.0 Å². The molecule has 3 N–H and O–H groups in total. The maximum absolute atomic E-state index is 14.2. The lowest BCUT2D eigenvalue weighted by molar-refractivity contribution is -0.0674. The molecule has 4 atom stereocenters. The van der Waals surface area contributed by atoms with E-state index in [-0.39, 0.29) is 38.3 Å². The van der Waals surface area contributed by atoms with Crippen LogP contribution in [0.1, 0.15) is 121 Å². The average molecular weight is 786 g/mol. The molecule has 0 spiro atoms. The van der Waals surface area contributed by atoms with Crippen LogP contribution < -0.4 is 11.4 Å². The topological polar surface area (TPSA) is 144 Å². The molecule has 55 heavy (non-hydrogen) atoms. The number of aromatic nitrogens is 2. The van der Waals surface area contributed by atoms with Crippen molar-refractivity contribution in [1.29, 1.82) is 0 Å². The Bertz CT molecular complexity index is 1500. The van der Waals surface area contributed by atoms with Gasteiger partial charge in [-0.25, -0.2) is 4.79 Å². The highest BCUT2D eigenvalue weighted by atomic mass is 31.2. The minimum atomic E-state index is -3.91.